The lowest BCUT2D eigenvalue weighted by molar-refractivity contribution is -0.143. The molecule has 3 heteroatoms. The maximum absolute atomic E-state index is 11.0. The van der Waals surface area contributed by atoms with Gasteiger partial charge in [-0.05, 0) is 27.2 Å². The van der Waals surface area contributed by atoms with Crippen molar-refractivity contribution < 1.29 is 9.53 Å². The van der Waals surface area contributed by atoms with E-state index in [4.69, 9.17) is 4.74 Å². The number of carbonyl (C=O) groups is 1. The molecule has 78 valence electrons. The minimum absolute atomic E-state index is 0.0744. The molecule has 0 rings (SSSR count). The highest BCUT2D eigenvalue weighted by molar-refractivity contribution is 5.69. The van der Waals surface area contributed by atoms with E-state index in [0.29, 0.717) is 19.6 Å². The van der Waals surface area contributed by atoms with Crippen molar-refractivity contribution in [1.29, 1.82) is 0 Å². The summed E-state index contributed by atoms with van der Waals surface area (Å²) in [6.07, 6.45) is 1.34. The van der Waals surface area contributed by atoms with Crippen LogP contribution >= 0.6 is 0 Å². The molecule has 0 aliphatic rings. The monoisotopic (exact) mass is 187 g/mol. The van der Waals surface area contributed by atoms with Crippen molar-refractivity contribution in [3.63, 3.8) is 0 Å². The number of carbonyl (C=O) groups excluding carboxylic acids is 1. The van der Waals surface area contributed by atoms with Gasteiger partial charge < -0.3 is 10.1 Å². The molecule has 0 spiro atoms. The Morgan fingerprint density at radius 2 is 2.00 bits per heavy atom. The molecule has 0 radical (unpaired) electrons. The second-order valence-corrected chi connectivity index (χ2v) is 4.15. The summed E-state index contributed by atoms with van der Waals surface area (Å²) in [7, 11) is 0. The molecule has 0 atom stereocenters. The first-order valence-corrected chi connectivity index (χ1v) is 4.86. The van der Waals surface area contributed by atoms with Crippen molar-refractivity contribution in [2.24, 2.45) is 0 Å². The topological polar surface area (TPSA) is 38.3 Å². The van der Waals surface area contributed by atoms with E-state index in [9.17, 15) is 4.79 Å². The summed E-state index contributed by atoms with van der Waals surface area (Å²) in [6.45, 7) is 9.43. The van der Waals surface area contributed by atoms with Crippen LogP contribution in [-0.2, 0) is 9.53 Å². The summed E-state index contributed by atoms with van der Waals surface area (Å²) in [4.78, 5) is 11.0. The lowest BCUT2D eigenvalue weighted by Crippen LogP contribution is -2.37. The Kier molecular flexibility index (Phi) is 5.71. The number of esters is 1. The number of hydrogen-bond donors (Lipinski definition) is 1. The lowest BCUT2D eigenvalue weighted by atomic mass is 10.1. The summed E-state index contributed by atoms with van der Waals surface area (Å²) in [6, 6.07) is 0. The van der Waals surface area contributed by atoms with E-state index in [2.05, 4.69) is 26.1 Å². The third-order valence-corrected chi connectivity index (χ3v) is 1.45. The summed E-state index contributed by atoms with van der Waals surface area (Å²) >= 11 is 0. The molecule has 0 aromatic rings. The van der Waals surface area contributed by atoms with Gasteiger partial charge >= 0.3 is 5.97 Å². The molecule has 0 aromatic carbocycles. The number of nitrogens with one attached hydrogen (secondary N) is 1. The molecular weight excluding hydrogens is 166 g/mol. The number of rotatable bonds is 5. The number of ether oxygens (including phenoxy) is 1. The first-order chi connectivity index (χ1) is 5.95. The standard InChI is InChI=1S/C10H21NO2/c1-5-8-13-9(12)6-7-11-10(2,3)4/h11H,5-8H2,1-4H3. The lowest BCUT2D eigenvalue weighted by Gasteiger charge is -2.19. The Bertz CT molecular complexity index is 149. The molecule has 1 N–H and O–H groups in total. The third-order valence-electron chi connectivity index (χ3n) is 1.45. The molecule has 0 saturated carbocycles. The zero-order valence-electron chi connectivity index (χ0n) is 9.14. The second kappa shape index (κ2) is 5.97. The van der Waals surface area contributed by atoms with Gasteiger partial charge in [-0.25, -0.2) is 0 Å². The fourth-order valence-electron chi connectivity index (χ4n) is 0.828. The van der Waals surface area contributed by atoms with Gasteiger partial charge in [-0.2, -0.15) is 0 Å². The maximum Gasteiger partial charge on any atom is 0.307 e. The molecule has 0 saturated heterocycles. The predicted molar refractivity (Wildman–Crippen MR) is 53.6 cm³/mol. The summed E-state index contributed by atoms with van der Waals surface area (Å²) in [5.74, 6) is -0.112. The SMILES string of the molecule is CCCOC(=O)CCNC(C)(C)C. The smallest absolute Gasteiger partial charge is 0.307 e. The van der Waals surface area contributed by atoms with Crippen molar-refractivity contribution in [2.45, 2.75) is 46.1 Å². The highest BCUT2D eigenvalue weighted by atomic mass is 16.5. The van der Waals surface area contributed by atoms with Crippen LogP contribution in [0.2, 0.25) is 0 Å². The van der Waals surface area contributed by atoms with E-state index in [1.54, 1.807) is 0 Å². The molecule has 3 nitrogen and oxygen atoms in total. The van der Waals surface area contributed by atoms with E-state index < -0.39 is 0 Å². The van der Waals surface area contributed by atoms with Gasteiger partial charge in [0.25, 0.3) is 0 Å². The molecular formula is C10H21NO2. The molecule has 0 aromatic heterocycles. The van der Waals surface area contributed by atoms with Gasteiger partial charge in [0.15, 0.2) is 0 Å². The predicted octanol–water partition coefficient (Wildman–Crippen LogP) is 1.72. The van der Waals surface area contributed by atoms with E-state index in [-0.39, 0.29) is 11.5 Å². The van der Waals surface area contributed by atoms with Crippen LogP contribution in [0.25, 0.3) is 0 Å². The highest BCUT2D eigenvalue weighted by Gasteiger charge is 2.09. The molecule has 0 aliphatic heterocycles. The van der Waals surface area contributed by atoms with Crippen LogP contribution in [0, 0.1) is 0 Å². The molecule has 0 amide bonds. The van der Waals surface area contributed by atoms with Crippen LogP contribution in [0.15, 0.2) is 0 Å². The van der Waals surface area contributed by atoms with Crippen molar-refractivity contribution in [3.8, 4) is 0 Å². The van der Waals surface area contributed by atoms with Crippen molar-refractivity contribution in [1.82, 2.24) is 5.32 Å². The van der Waals surface area contributed by atoms with Crippen molar-refractivity contribution >= 4 is 5.97 Å². The Labute approximate surface area is 80.8 Å². The van der Waals surface area contributed by atoms with Crippen molar-refractivity contribution in [3.05, 3.63) is 0 Å². The second-order valence-electron chi connectivity index (χ2n) is 4.15. The number of hydrogen-bond acceptors (Lipinski definition) is 3. The molecule has 0 bridgehead atoms. The molecule has 0 unspecified atom stereocenters. The van der Waals surface area contributed by atoms with E-state index in [0.717, 1.165) is 6.42 Å². The van der Waals surface area contributed by atoms with Gasteiger partial charge in [-0.1, -0.05) is 6.92 Å². The van der Waals surface area contributed by atoms with Gasteiger partial charge in [-0.15, -0.1) is 0 Å². The first kappa shape index (κ1) is 12.4. The maximum atomic E-state index is 11.0. The van der Waals surface area contributed by atoms with Crippen LogP contribution in [0.1, 0.15) is 40.5 Å². The highest BCUT2D eigenvalue weighted by Crippen LogP contribution is 1.98. The van der Waals surface area contributed by atoms with Gasteiger partial charge in [-0.3, -0.25) is 4.79 Å². The van der Waals surface area contributed by atoms with Gasteiger partial charge in [0, 0.05) is 12.1 Å². The van der Waals surface area contributed by atoms with E-state index in [1.165, 1.54) is 0 Å². The quantitative estimate of drug-likeness (QED) is 0.666. The molecule has 13 heavy (non-hydrogen) atoms. The Hall–Kier alpha value is -0.570. The summed E-state index contributed by atoms with van der Waals surface area (Å²) in [5.41, 5.74) is 0.0744. The third kappa shape index (κ3) is 9.34. The van der Waals surface area contributed by atoms with Gasteiger partial charge in [0.1, 0.15) is 0 Å². The zero-order valence-corrected chi connectivity index (χ0v) is 9.14. The Morgan fingerprint density at radius 3 is 2.46 bits per heavy atom. The normalized spacial score (nSPS) is 11.4. The zero-order chi connectivity index (χ0) is 10.3. The minimum atomic E-state index is -0.112. The van der Waals surface area contributed by atoms with E-state index in [1.807, 2.05) is 6.92 Å². The van der Waals surface area contributed by atoms with Gasteiger partial charge in [0.2, 0.25) is 0 Å². The van der Waals surface area contributed by atoms with Crippen LogP contribution in [-0.4, -0.2) is 24.7 Å². The summed E-state index contributed by atoms with van der Waals surface area (Å²) in [5, 5.41) is 3.23. The average Bonchev–Trinajstić information content (AvgIpc) is 1.98. The van der Waals surface area contributed by atoms with Crippen LogP contribution in [0.3, 0.4) is 0 Å². The molecule has 0 heterocycles. The first-order valence-electron chi connectivity index (χ1n) is 4.86. The minimum Gasteiger partial charge on any atom is -0.466 e. The molecule has 0 fully saturated rings. The van der Waals surface area contributed by atoms with Crippen LogP contribution in [0.4, 0.5) is 0 Å². The fraction of sp³-hybridized carbons (Fsp3) is 0.900. The summed E-state index contributed by atoms with van der Waals surface area (Å²) < 4.78 is 4.93. The van der Waals surface area contributed by atoms with Crippen LogP contribution in [0.5, 0.6) is 0 Å². The fourth-order valence-corrected chi connectivity index (χ4v) is 0.828. The molecule has 0 aliphatic carbocycles. The van der Waals surface area contributed by atoms with Crippen LogP contribution < -0.4 is 5.32 Å². The Morgan fingerprint density at radius 1 is 1.38 bits per heavy atom. The Balaban J connectivity index is 3.37. The van der Waals surface area contributed by atoms with E-state index >= 15 is 0 Å². The van der Waals surface area contributed by atoms with Crippen molar-refractivity contribution in [2.75, 3.05) is 13.2 Å². The van der Waals surface area contributed by atoms with Gasteiger partial charge in [0.05, 0.1) is 13.0 Å². The largest absolute Gasteiger partial charge is 0.466 e. The average molecular weight is 187 g/mol.